The quantitative estimate of drug-likeness (QED) is 0.591. The summed E-state index contributed by atoms with van der Waals surface area (Å²) in [4.78, 5) is 0. The van der Waals surface area contributed by atoms with Crippen LogP contribution in [0, 0.1) is 24.7 Å². The standard InChI is InChI=1S/C17H22O2Si/c1-7-16(3,4)18-20(19-17(5,6)8-2)14-15-12-10-9-11-13-15/h1-2,9-13,20H,14H2,3-6H3. The van der Waals surface area contributed by atoms with Crippen molar-refractivity contribution < 1.29 is 8.85 Å². The average molecular weight is 286 g/mol. The van der Waals surface area contributed by atoms with Crippen molar-refractivity contribution in [2.45, 2.75) is 44.9 Å². The first-order chi connectivity index (χ1) is 9.28. The predicted octanol–water partition coefficient (Wildman–Crippen LogP) is 2.85. The Balaban J connectivity index is 2.86. The summed E-state index contributed by atoms with van der Waals surface area (Å²) in [6.07, 6.45) is 11.0. The molecule has 1 aromatic rings. The van der Waals surface area contributed by atoms with Gasteiger partial charge in [-0.05, 0) is 33.3 Å². The zero-order valence-corrected chi connectivity index (χ0v) is 13.8. The van der Waals surface area contributed by atoms with Gasteiger partial charge >= 0.3 is 9.28 Å². The van der Waals surface area contributed by atoms with Crippen LogP contribution in [0.3, 0.4) is 0 Å². The van der Waals surface area contributed by atoms with E-state index in [-0.39, 0.29) is 0 Å². The molecule has 1 rings (SSSR count). The third-order valence-corrected chi connectivity index (χ3v) is 5.30. The van der Waals surface area contributed by atoms with E-state index in [9.17, 15) is 0 Å². The molecule has 0 aliphatic rings. The molecule has 0 bridgehead atoms. The highest BCUT2D eigenvalue weighted by molar-refractivity contribution is 6.44. The van der Waals surface area contributed by atoms with E-state index in [4.69, 9.17) is 21.7 Å². The molecule has 0 aromatic heterocycles. The van der Waals surface area contributed by atoms with E-state index in [1.54, 1.807) is 0 Å². The lowest BCUT2D eigenvalue weighted by atomic mass is 10.2. The molecule has 0 radical (unpaired) electrons. The molecule has 3 heteroatoms. The van der Waals surface area contributed by atoms with Crippen molar-refractivity contribution in [3.63, 3.8) is 0 Å². The molecule has 20 heavy (non-hydrogen) atoms. The molecule has 1 aromatic carbocycles. The first-order valence-corrected chi connectivity index (χ1v) is 8.39. The second kappa shape index (κ2) is 6.77. The van der Waals surface area contributed by atoms with Crippen LogP contribution in [0.15, 0.2) is 30.3 Å². The molecule has 0 fully saturated rings. The number of rotatable bonds is 6. The predicted molar refractivity (Wildman–Crippen MR) is 85.3 cm³/mol. The lowest BCUT2D eigenvalue weighted by Crippen LogP contribution is -2.41. The van der Waals surface area contributed by atoms with Crippen LogP contribution in [0.1, 0.15) is 33.3 Å². The van der Waals surface area contributed by atoms with Crippen LogP contribution in [-0.4, -0.2) is 20.5 Å². The molecule has 0 N–H and O–H groups in total. The Morgan fingerprint density at radius 2 is 1.40 bits per heavy atom. The van der Waals surface area contributed by atoms with E-state index >= 15 is 0 Å². The van der Waals surface area contributed by atoms with Crippen LogP contribution in [0.5, 0.6) is 0 Å². The van der Waals surface area contributed by atoms with Crippen molar-refractivity contribution in [3.05, 3.63) is 35.9 Å². The van der Waals surface area contributed by atoms with Gasteiger partial charge in [-0.1, -0.05) is 42.2 Å². The highest BCUT2D eigenvalue weighted by Crippen LogP contribution is 2.18. The van der Waals surface area contributed by atoms with E-state index < -0.39 is 20.5 Å². The Labute approximate surface area is 124 Å². The molecular formula is C17H22O2Si. The summed E-state index contributed by atoms with van der Waals surface area (Å²) in [5.74, 6) is 5.28. The number of benzene rings is 1. The molecule has 0 aliphatic carbocycles. The van der Waals surface area contributed by atoms with Crippen molar-refractivity contribution in [1.29, 1.82) is 0 Å². The molecule has 0 atom stereocenters. The van der Waals surface area contributed by atoms with Crippen molar-refractivity contribution in [2.75, 3.05) is 0 Å². The van der Waals surface area contributed by atoms with E-state index in [1.165, 1.54) is 5.56 Å². The molecule has 0 unspecified atom stereocenters. The zero-order valence-electron chi connectivity index (χ0n) is 12.6. The lowest BCUT2D eigenvalue weighted by molar-refractivity contribution is 0.0683. The summed E-state index contributed by atoms with van der Waals surface area (Å²) >= 11 is 0. The summed E-state index contributed by atoms with van der Waals surface area (Å²) < 4.78 is 12.0. The van der Waals surface area contributed by atoms with E-state index in [0.29, 0.717) is 0 Å². The Hall–Kier alpha value is -1.52. The molecule has 0 saturated carbocycles. The van der Waals surface area contributed by atoms with Crippen molar-refractivity contribution in [3.8, 4) is 24.7 Å². The minimum atomic E-state index is -2.03. The maximum absolute atomic E-state index is 6.01. The van der Waals surface area contributed by atoms with Gasteiger partial charge in [0.1, 0.15) is 11.2 Å². The van der Waals surface area contributed by atoms with Crippen molar-refractivity contribution in [1.82, 2.24) is 0 Å². The fraction of sp³-hybridized carbons (Fsp3) is 0.412. The average Bonchev–Trinajstić information content (AvgIpc) is 2.39. The first-order valence-electron chi connectivity index (χ1n) is 6.63. The Bertz CT molecular complexity index is 478. The molecule has 0 saturated heterocycles. The molecule has 106 valence electrons. The van der Waals surface area contributed by atoms with Gasteiger partial charge in [-0.3, -0.25) is 0 Å². The second-order valence-corrected chi connectivity index (χ2v) is 7.40. The number of hydrogen-bond acceptors (Lipinski definition) is 2. The van der Waals surface area contributed by atoms with Gasteiger partial charge in [-0.15, -0.1) is 12.8 Å². The summed E-state index contributed by atoms with van der Waals surface area (Å²) in [7, 11) is -2.03. The zero-order chi connectivity index (χ0) is 15.2. The minimum absolute atomic E-state index is 0.643. The molecular weight excluding hydrogens is 264 g/mol. The van der Waals surface area contributed by atoms with Crippen molar-refractivity contribution in [2.24, 2.45) is 0 Å². The Kier molecular flexibility index (Phi) is 5.59. The smallest absolute Gasteiger partial charge is 0.328 e. The third-order valence-electron chi connectivity index (χ3n) is 2.79. The number of hydrogen-bond donors (Lipinski definition) is 0. The van der Waals surface area contributed by atoms with Gasteiger partial charge in [0.05, 0.1) is 0 Å². The van der Waals surface area contributed by atoms with Gasteiger partial charge in [0.2, 0.25) is 0 Å². The molecule has 2 nitrogen and oxygen atoms in total. The first kappa shape index (κ1) is 16.5. The van der Waals surface area contributed by atoms with Crippen LogP contribution < -0.4 is 0 Å². The molecule has 0 amide bonds. The largest absolute Gasteiger partial charge is 0.380 e. The maximum atomic E-state index is 6.01. The maximum Gasteiger partial charge on any atom is 0.328 e. The van der Waals surface area contributed by atoms with Gasteiger partial charge in [-0.2, -0.15) is 0 Å². The summed E-state index contributed by atoms with van der Waals surface area (Å²) in [6, 6.07) is 10.8. The summed E-state index contributed by atoms with van der Waals surface area (Å²) in [6.45, 7) is 7.46. The lowest BCUT2D eigenvalue weighted by Gasteiger charge is -2.30. The van der Waals surface area contributed by atoms with Gasteiger partial charge in [0, 0.05) is 6.04 Å². The van der Waals surface area contributed by atoms with Crippen LogP contribution in [0.4, 0.5) is 0 Å². The van der Waals surface area contributed by atoms with Gasteiger partial charge in [0.15, 0.2) is 0 Å². The molecule has 0 heterocycles. The summed E-state index contributed by atoms with van der Waals surface area (Å²) in [5.41, 5.74) is -0.114. The van der Waals surface area contributed by atoms with Crippen LogP contribution in [-0.2, 0) is 14.9 Å². The Morgan fingerprint density at radius 3 is 1.80 bits per heavy atom. The van der Waals surface area contributed by atoms with Gasteiger partial charge in [-0.25, -0.2) is 0 Å². The highest BCUT2D eigenvalue weighted by Gasteiger charge is 2.29. The van der Waals surface area contributed by atoms with Crippen LogP contribution >= 0.6 is 0 Å². The van der Waals surface area contributed by atoms with E-state index in [0.717, 1.165) is 6.04 Å². The highest BCUT2D eigenvalue weighted by atomic mass is 28.3. The second-order valence-electron chi connectivity index (χ2n) is 5.66. The molecule has 0 aliphatic heterocycles. The monoisotopic (exact) mass is 286 g/mol. The van der Waals surface area contributed by atoms with Crippen molar-refractivity contribution >= 4 is 9.28 Å². The molecule has 0 spiro atoms. The Morgan fingerprint density at radius 1 is 0.950 bits per heavy atom. The van der Waals surface area contributed by atoms with Crippen LogP contribution in [0.25, 0.3) is 0 Å². The third kappa shape index (κ3) is 5.63. The fourth-order valence-corrected chi connectivity index (χ4v) is 3.96. The number of terminal acetylenes is 2. The minimum Gasteiger partial charge on any atom is -0.380 e. The van der Waals surface area contributed by atoms with E-state index in [1.807, 2.05) is 45.9 Å². The van der Waals surface area contributed by atoms with Gasteiger partial charge < -0.3 is 8.85 Å². The van der Waals surface area contributed by atoms with E-state index in [2.05, 4.69) is 24.0 Å². The summed E-state index contributed by atoms with van der Waals surface area (Å²) in [5, 5.41) is 0. The van der Waals surface area contributed by atoms with Gasteiger partial charge in [0.25, 0.3) is 0 Å². The topological polar surface area (TPSA) is 18.5 Å². The fourth-order valence-electron chi connectivity index (χ4n) is 1.64. The normalized spacial score (nSPS) is 11.9. The SMILES string of the molecule is C#CC(C)(C)O[SiH](Cc1ccccc1)OC(C)(C)C#C. The van der Waals surface area contributed by atoms with Crippen LogP contribution in [0.2, 0.25) is 0 Å².